The van der Waals surface area contributed by atoms with Crippen LogP contribution >= 0.6 is 23.1 Å². The molecule has 2 aromatic rings. The van der Waals surface area contributed by atoms with Gasteiger partial charge < -0.3 is 5.32 Å². The monoisotopic (exact) mass is 387 g/mol. The largest absolute Gasteiger partial charge is 0.350 e. The van der Waals surface area contributed by atoms with Crippen molar-refractivity contribution in [3.05, 3.63) is 17.3 Å². The van der Waals surface area contributed by atoms with Crippen LogP contribution in [-0.2, 0) is 11.2 Å². The number of aryl methyl sites for hydroxylation is 1. The van der Waals surface area contributed by atoms with E-state index in [2.05, 4.69) is 28.3 Å². The number of carbonyl (C=O) groups excluding carboxylic acids is 1. The highest BCUT2D eigenvalue weighted by molar-refractivity contribution is 8.00. The van der Waals surface area contributed by atoms with Crippen molar-refractivity contribution >= 4 is 39.2 Å². The Morgan fingerprint density at radius 2 is 1.92 bits per heavy atom. The Morgan fingerprint density at radius 1 is 1.23 bits per heavy atom. The van der Waals surface area contributed by atoms with Crippen molar-refractivity contribution < 1.29 is 4.79 Å². The Morgan fingerprint density at radius 3 is 2.58 bits per heavy atom. The van der Waals surface area contributed by atoms with E-state index in [0.717, 1.165) is 39.4 Å². The average molecular weight is 388 g/mol. The second kappa shape index (κ2) is 6.48. The van der Waals surface area contributed by atoms with Crippen molar-refractivity contribution in [3.8, 4) is 0 Å². The third-order valence-corrected chi connectivity index (χ3v) is 8.67. The minimum atomic E-state index is 0.102. The summed E-state index contributed by atoms with van der Waals surface area (Å²) in [5.41, 5.74) is 0.102. The summed E-state index contributed by atoms with van der Waals surface area (Å²) in [4.78, 5) is 23.9. The van der Waals surface area contributed by atoms with Gasteiger partial charge in [-0.25, -0.2) is 9.97 Å². The van der Waals surface area contributed by atoms with Gasteiger partial charge in [0.1, 0.15) is 16.2 Å². The molecule has 138 valence electrons. The number of hydrogen-bond donors (Lipinski definition) is 1. The first-order valence-electron chi connectivity index (χ1n) is 9.80. The first-order valence-corrected chi connectivity index (χ1v) is 11.6. The summed E-state index contributed by atoms with van der Waals surface area (Å²) < 4.78 is 0. The number of nitrogens with zero attached hydrogens (tertiary/aromatic N) is 2. The number of aromatic nitrogens is 2. The normalized spacial score (nSPS) is 32.3. The minimum Gasteiger partial charge on any atom is -0.350 e. The molecule has 2 aromatic heterocycles. The highest BCUT2D eigenvalue weighted by atomic mass is 32.2. The van der Waals surface area contributed by atoms with Crippen LogP contribution < -0.4 is 5.32 Å². The zero-order chi connectivity index (χ0) is 17.7. The number of amides is 1. The van der Waals surface area contributed by atoms with E-state index in [0.29, 0.717) is 5.75 Å². The third-order valence-electron chi connectivity index (χ3n) is 6.48. The molecule has 0 spiro atoms. The number of thiophene rings is 1. The average Bonchev–Trinajstić information content (AvgIpc) is 3.02. The van der Waals surface area contributed by atoms with Crippen molar-refractivity contribution in [2.75, 3.05) is 5.75 Å². The highest BCUT2D eigenvalue weighted by Crippen LogP contribution is 2.55. The summed E-state index contributed by atoms with van der Waals surface area (Å²) in [5, 5.41) is 5.49. The van der Waals surface area contributed by atoms with Crippen LogP contribution in [0.1, 0.15) is 50.3 Å². The van der Waals surface area contributed by atoms with E-state index >= 15 is 0 Å². The second-order valence-corrected chi connectivity index (χ2v) is 10.6. The lowest BCUT2D eigenvalue weighted by Gasteiger charge is -2.56. The number of rotatable bonds is 5. The molecule has 6 heteroatoms. The fraction of sp³-hybridized carbons (Fsp3) is 0.650. The van der Waals surface area contributed by atoms with Crippen LogP contribution in [0.2, 0.25) is 0 Å². The van der Waals surface area contributed by atoms with E-state index in [1.165, 1.54) is 43.4 Å². The van der Waals surface area contributed by atoms with Gasteiger partial charge in [0.05, 0.1) is 5.75 Å². The number of hydrogen-bond acceptors (Lipinski definition) is 5. The first-order chi connectivity index (χ1) is 12.6. The Labute approximate surface area is 162 Å². The predicted octanol–water partition coefficient (Wildman–Crippen LogP) is 4.43. The van der Waals surface area contributed by atoms with Crippen molar-refractivity contribution in [2.24, 2.45) is 17.8 Å². The molecule has 0 saturated heterocycles. The van der Waals surface area contributed by atoms with E-state index in [4.69, 9.17) is 0 Å². The van der Waals surface area contributed by atoms with E-state index in [1.54, 1.807) is 29.4 Å². The van der Waals surface area contributed by atoms with Crippen LogP contribution in [0.5, 0.6) is 0 Å². The highest BCUT2D eigenvalue weighted by Gasteiger charge is 2.51. The summed E-state index contributed by atoms with van der Waals surface area (Å²) in [6, 6.07) is 2.18. The molecule has 26 heavy (non-hydrogen) atoms. The minimum absolute atomic E-state index is 0.102. The van der Waals surface area contributed by atoms with Gasteiger partial charge in [-0.2, -0.15) is 0 Å². The topological polar surface area (TPSA) is 54.9 Å². The Balaban J connectivity index is 1.26. The summed E-state index contributed by atoms with van der Waals surface area (Å²) in [6.07, 6.45) is 10.5. The number of thioether (sulfide) groups is 1. The number of fused-ring (bicyclic) bond motifs is 1. The quantitative estimate of drug-likeness (QED) is 0.609. The van der Waals surface area contributed by atoms with Crippen LogP contribution in [0, 0.1) is 17.8 Å². The first kappa shape index (κ1) is 17.0. The summed E-state index contributed by atoms with van der Waals surface area (Å²) in [5.74, 6) is 3.19. The lowest BCUT2D eigenvalue weighted by atomic mass is 9.53. The zero-order valence-electron chi connectivity index (χ0n) is 15.2. The molecular formula is C20H25N3OS2. The van der Waals surface area contributed by atoms with Crippen molar-refractivity contribution in [3.63, 3.8) is 0 Å². The molecular weight excluding hydrogens is 362 g/mol. The SMILES string of the molecule is CCc1cc2c(SCC(=O)NC34CC5CC(CC(C5)C3)C4)ncnc2s1. The van der Waals surface area contributed by atoms with Crippen LogP contribution in [0.3, 0.4) is 0 Å². The molecule has 0 aliphatic heterocycles. The molecule has 0 unspecified atom stereocenters. The van der Waals surface area contributed by atoms with Gasteiger partial charge in [-0.05, 0) is 68.8 Å². The lowest BCUT2D eigenvalue weighted by Crippen LogP contribution is -2.60. The Bertz CT molecular complexity index is 811. The van der Waals surface area contributed by atoms with Gasteiger partial charge in [0.2, 0.25) is 5.91 Å². The van der Waals surface area contributed by atoms with Gasteiger partial charge in [-0.3, -0.25) is 4.79 Å². The maximum atomic E-state index is 12.7. The molecule has 4 aliphatic rings. The van der Waals surface area contributed by atoms with Crippen molar-refractivity contribution in [1.29, 1.82) is 0 Å². The predicted molar refractivity (Wildman–Crippen MR) is 107 cm³/mol. The standard InChI is InChI=1S/C20H25N3OS2/c1-2-15-6-16-18(21-11-22-19(16)26-15)25-10-17(24)23-20-7-12-3-13(8-20)5-14(4-12)9-20/h6,11-14H,2-5,7-10H2,1H3,(H,23,24). The van der Waals surface area contributed by atoms with Gasteiger partial charge in [0.15, 0.2) is 0 Å². The van der Waals surface area contributed by atoms with Gasteiger partial charge in [0, 0.05) is 15.8 Å². The molecule has 6 rings (SSSR count). The fourth-order valence-corrected chi connectivity index (χ4v) is 7.67. The maximum absolute atomic E-state index is 12.7. The van der Waals surface area contributed by atoms with E-state index in [-0.39, 0.29) is 11.4 Å². The summed E-state index contributed by atoms with van der Waals surface area (Å²) in [6.45, 7) is 2.16. The van der Waals surface area contributed by atoms with Gasteiger partial charge >= 0.3 is 0 Å². The van der Waals surface area contributed by atoms with Gasteiger partial charge in [-0.1, -0.05) is 18.7 Å². The molecule has 4 nitrogen and oxygen atoms in total. The van der Waals surface area contributed by atoms with Gasteiger partial charge in [0.25, 0.3) is 0 Å². The van der Waals surface area contributed by atoms with Crippen LogP contribution in [0.15, 0.2) is 17.4 Å². The van der Waals surface area contributed by atoms with E-state index in [9.17, 15) is 4.79 Å². The van der Waals surface area contributed by atoms with Crippen molar-refractivity contribution in [1.82, 2.24) is 15.3 Å². The molecule has 4 fully saturated rings. The molecule has 0 aromatic carbocycles. The molecule has 1 N–H and O–H groups in total. The molecule has 2 heterocycles. The fourth-order valence-electron chi connectivity index (χ4n) is 5.90. The van der Waals surface area contributed by atoms with Crippen LogP contribution in [0.4, 0.5) is 0 Å². The number of nitrogens with one attached hydrogen (secondary N) is 1. The van der Waals surface area contributed by atoms with E-state index < -0.39 is 0 Å². The second-order valence-electron chi connectivity index (χ2n) is 8.50. The van der Waals surface area contributed by atoms with Gasteiger partial charge in [-0.15, -0.1) is 11.3 Å². The molecule has 4 bridgehead atoms. The zero-order valence-corrected chi connectivity index (χ0v) is 16.8. The van der Waals surface area contributed by atoms with E-state index in [1.807, 2.05) is 0 Å². The van der Waals surface area contributed by atoms with Crippen LogP contribution in [-0.4, -0.2) is 27.2 Å². The number of carbonyl (C=O) groups is 1. The molecule has 1 amide bonds. The molecule has 4 aliphatic carbocycles. The van der Waals surface area contributed by atoms with Crippen molar-refractivity contribution in [2.45, 2.75) is 62.4 Å². The third kappa shape index (κ3) is 3.05. The maximum Gasteiger partial charge on any atom is 0.230 e. The molecule has 4 saturated carbocycles. The smallest absolute Gasteiger partial charge is 0.230 e. The lowest BCUT2D eigenvalue weighted by molar-refractivity contribution is -0.124. The molecule has 0 radical (unpaired) electrons. The Kier molecular flexibility index (Phi) is 4.24. The molecule has 0 atom stereocenters. The summed E-state index contributed by atoms with van der Waals surface area (Å²) >= 11 is 3.28. The van der Waals surface area contributed by atoms with Crippen LogP contribution in [0.25, 0.3) is 10.2 Å². The summed E-state index contributed by atoms with van der Waals surface area (Å²) in [7, 11) is 0. The Hall–Kier alpha value is -1.14.